The van der Waals surface area contributed by atoms with Crippen molar-refractivity contribution in [1.29, 1.82) is 0 Å². The second-order valence-electron chi connectivity index (χ2n) is 4.29. The SMILES string of the molecule is CN1CCN(C(=O)COc2ccccc2)CC1. The number of benzene rings is 1. The van der Waals surface area contributed by atoms with Gasteiger partial charge in [0.2, 0.25) is 0 Å². The van der Waals surface area contributed by atoms with Crippen LogP contribution in [0.25, 0.3) is 0 Å². The van der Waals surface area contributed by atoms with E-state index in [1.807, 2.05) is 35.2 Å². The zero-order valence-corrected chi connectivity index (χ0v) is 10.1. The standard InChI is InChI=1S/C13H18N2O2/c1-14-7-9-15(10-8-14)13(16)11-17-12-5-3-2-4-6-12/h2-6H,7-11H2,1H3. The van der Waals surface area contributed by atoms with Gasteiger partial charge >= 0.3 is 0 Å². The van der Waals surface area contributed by atoms with Crippen LogP contribution in [0.1, 0.15) is 0 Å². The molecular weight excluding hydrogens is 216 g/mol. The molecule has 92 valence electrons. The van der Waals surface area contributed by atoms with E-state index in [-0.39, 0.29) is 12.5 Å². The number of para-hydroxylation sites is 1. The molecule has 0 N–H and O–H groups in total. The molecule has 4 heteroatoms. The molecule has 1 aromatic rings. The third-order valence-electron chi connectivity index (χ3n) is 2.96. The van der Waals surface area contributed by atoms with E-state index >= 15 is 0 Å². The second-order valence-corrected chi connectivity index (χ2v) is 4.29. The molecule has 0 unspecified atom stereocenters. The maximum Gasteiger partial charge on any atom is 0.260 e. The highest BCUT2D eigenvalue weighted by atomic mass is 16.5. The van der Waals surface area contributed by atoms with Gasteiger partial charge in [0.05, 0.1) is 0 Å². The Morgan fingerprint density at radius 2 is 1.82 bits per heavy atom. The van der Waals surface area contributed by atoms with Gasteiger partial charge in [-0.15, -0.1) is 0 Å². The molecule has 0 aromatic heterocycles. The van der Waals surface area contributed by atoms with E-state index in [0.29, 0.717) is 0 Å². The summed E-state index contributed by atoms with van der Waals surface area (Å²) in [7, 11) is 2.07. The van der Waals surface area contributed by atoms with E-state index in [9.17, 15) is 4.79 Å². The molecule has 1 aliphatic rings. The predicted molar refractivity (Wildman–Crippen MR) is 66.0 cm³/mol. The number of piperazine rings is 1. The van der Waals surface area contributed by atoms with Gasteiger partial charge in [0, 0.05) is 26.2 Å². The number of nitrogens with zero attached hydrogens (tertiary/aromatic N) is 2. The van der Waals surface area contributed by atoms with Gasteiger partial charge in [-0.3, -0.25) is 4.79 Å². The molecule has 0 radical (unpaired) electrons. The van der Waals surface area contributed by atoms with Gasteiger partial charge in [0.25, 0.3) is 5.91 Å². The summed E-state index contributed by atoms with van der Waals surface area (Å²) in [5.74, 6) is 0.817. The first-order chi connectivity index (χ1) is 8.25. The van der Waals surface area contributed by atoms with Crippen molar-refractivity contribution >= 4 is 5.91 Å². The molecule has 1 aliphatic heterocycles. The van der Waals surface area contributed by atoms with E-state index in [1.54, 1.807) is 0 Å². The fourth-order valence-corrected chi connectivity index (χ4v) is 1.81. The van der Waals surface area contributed by atoms with Crippen molar-refractivity contribution in [1.82, 2.24) is 9.80 Å². The molecule has 2 rings (SSSR count). The molecule has 0 saturated carbocycles. The van der Waals surface area contributed by atoms with Crippen molar-refractivity contribution in [3.8, 4) is 5.75 Å². The monoisotopic (exact) mass is 234 g/mol. The average molecular weight is 234 g/mol. The van der Waals surface area contributed by atoms with Crippen LogP contribution in [0.5, 0.6) is 5.75 Å². The molecule has 17 heavy (non-hydrogen) atoms. The van der Waals surface area contributed by atoms with Crippen LogP contribution in [0.15, 0.2) is 30.3 Å². The minimum Gasteiger partial charge on any atom is -0.484 e. The van der Waals surface area contributed by atoms with Gasteiger partial charge in [0.1, 0.15) is 5.75 Å². The number of hydrogen-bond acceptors (Lipinski definition) is 3. The van der Waals surface area contributed by atoms with Crippen molar-refractivity contribution < 1.29 is 9.53 Å². The van der Waals surface area contributed by atoms with Crippen LogP contribution in [0.2, 0.25) is 0 Å². The van der Waals surface area contributed by atoms with Crippen molar-refractivity contribution in [2.45, 2.75) is 0 Å². The lowest BCUT2D eigenvalue weighted by molar-refractivity contribution is -0.134. The fraction of sp³-hybridized carbons (Fsp3) is 0.462. The van der Waals surface area contributed by atoms with Gasteiger partial charge in [-0.05, 0) is 19.2 Å². The lowest BCUT2D eigenvalue weighted by Crippen LogP contribution is -2.48. The number of carbonyl (C=O) groups excluding carboxylic acids is 1. The number of hydrogen-bond donors (Lipinski definition) is 0. The Labute approximate surface area is 102 Å². The minimum absolute atomic E-state index is 0.0713. The number of carbonyl (C=O) groups is 1. The molecule has 0 aliphatic carbocycles. The maximum atomic E-state index is 11.9. The molecule has 4 nitrogen and oxygen atoms in total. The molecule has 1 aromatic carbocycles. The minimum atomic E-state index is 0.0713. The Bertz CT molecular complexity index is 359. The highest BCUT2D eigenvalue weighted by Crippen LogP contribution is 2.08. The van der Waals surface area contributed by atoms with Crippen molar-refractivity contribution in [2.75, 3.05) is 39.8 Å². The van der Waals surface area contributed by atoms with Crippen molar-refractivity contribution in [3.63, 3.8) is 0 Å². The highest BCUT2D eigenvalue weighted by Gasteiger charge is 2.18. The summed E-state index contributed by atoms with van der Waals surface area (Å²) in [5, 5.41) is 0. The summed E-state index contributed by atoms with van der Waals surface area (Å²) < 4.78 is 5.44. The molecule has 1 amide bonds. The van der Waals surface area contributed by atoms with Crippen molar-refractivity contribution in [3.05, 3.63) is 30.3 Å². The lowest BCUT2D eigenvalue weighted by atomic mass is 10.3. The van der Waals surface area contributed by atoms with Gasteiger partial charge in [-0.25, -0.2) is 0 Å². The van der Waals surface area contributed by atoms with Gasteiger partial charge in [0.15, 0.2) is 6.61 Å². The van der Waals surface area contributed by atoms with Crippen LogP contribution in [0.3, 0.4) is 0 Å². The quantitative estimate of drug-likeness (QED) is 0.777. The maximum absolute atomic E-state index is 11.9. The summed E-state index contributed by atoms with van der Waals surface area (Å²) in [4.78, 5) is 15.9. The summed E-state index contributed by atoms with van der Waals surface area (Å²) in [5.41, 5.74) is 0. The van der Waals surface area contributed by atoms with Gasteiger partial charge in [-0.2, -0.15) is 0 Å². The Morgan fingerprint density at radius 1 is 1.18 bits per heavy atom. The van der Waals surface area contributed by atoms with Crippen molar-refractivity contribution in [2.24, 2.45) is 0 Å². The summed E-state index contributed by atoms with van der Waals surface area (Å²) in [6.45, 7) is 3.61. The van der Waals surface area contributed by atoms with Crippen LogP contribution in [0.4, 0.5) is 0 Å². The largest absolute Gasteiger partial charge is 0.484 e. The Kier molecular flexibility index (Phi) is 3.98. The van der Waals surface area contributed by atoms with E-state index in [0.717, 1.165) is 31.9 Å². The molecule has 0 atom stereocenters. The van der Waals surface area contributed by atoms with E-state index in [2.05, 4.69) is 11.9 Å². The molecule has 0 bridgehead atoms. The highest BCUT2D eigenvalue weighted by molar-refractivity contribution is 5.77. The zero-order chi connectivity index (χ0) is 12.1. The number of likely N-dealkylation sites (N-methyl/N-ethyl adjacent to an activating group) is 1. The van der Waals surface area contributed by atoms with E-state index < -0.39 is 0 Å². The van der Waals surface area contributed by atoms with Gasteiger partial charge < -0.3 is 14.5 Å². The molecule has 1 heterocycles. The van der Waals surface area contributed by atoms with Gasteiger partial charge in [-0.1, -0.05) is 18.2 Å². The topological polar surface area (TPSA) is 32.8 Å². The van der Waals surface area contributed by atoms with Crippen LogP contribution in [-0.2, 0) is 4.79 Å². The smallest absolute Gasteiger partial charge is 0.260 e. The predicted octanol–water partition coefficient (Wildman–Crippen LogP) is 0.839. The third-order valence-corrected chi connectivity index (χ3v) is 2.96. The van der Waals surface area contributed by atoms with Crippen LogP contribution in [0, 0.1) is 0 Å². The normalized spacial score (nSPS) is 16.9. The van der Waals surface area contributed by atoms with E-state index in [4.69, 9.17) is 4.74 Å². The van der Waals surface area contributed by atoms with Crippen LogP contribution >= 0.6 is 0 Å². The van der Waals surface area contributed by atoms with Crippen LogP contribution < -0.4 is 4.74 Å². The lowest BCUT2D eigenvalue weighted by Gasteiger charge is -2.32. The van der Waals surface area contributed by atoms with E-state index in [1.165, 1.54) is 0 Å². The number of amides is 1. The molecule has 0 spiro atoms. The molecular formula is C13H18N2O2. The first kappa shape index (κ1) is 11.9. The summed E-state index contributed by atoms with van der Waals surface area (Å²) in [6, 6.07) is 9.44. The second kappa shape index (κ2) is 5.68. The Morgan fingerprint density at radius 3 is 2.47 bits per heavy atom. The zero-order valence-electron chi connectivity index (χ0n) is 10.1. The fourth-order valence-electron chi connectivity index (χ4n) is 1.81. The molecule has 1 saturated heterocycles. The average Bonchev–Trinajstić information content (AvgIpc) is 2.38. The first-order valence-corrected chi connectivity index (χ1v) is 5.90. The third kappa shape index (κ3) is 3.46. The number of rotatable bonds is 3. The number of ether oxygens (including phenoxy) is 1. The molecule has 1 fully saturated rings. The summed E-state index contributed by atoms with van der Waals surface area (Å²) >= 11 is 0. The Hall–Kier alpha value is -1.55. The first-order valence-electron chi connectivity index (χ1n) is 5.90. The Balaban J connectivity index is 1.78. The van der Waals surface area contributed by atoms with Crippen LogP contribution in [-0.4, -0.2) is 55.5 Å². The summed E-state index contributed by atoms with van der Waals surface area (Å²) in [6.07, 6.45) is 0.